The van der Waals surface area contributed by atoms with Crippen LogP contribution in [-0.4, -0.2) is 38.7 Å². The standard InChI is InChI=1S/C32H26O10/c1-13-7-18(33)28-23(41-13)11-17-24(21(39-5)12-22(40-6)25(17)30(28)35)27-16-9-15(37-3)10-20(38-4)26(16)32-29(31(27)36)19(34)8-14(2)42-32/h7-12,35-36H,1-6H3. The minimum absolute atomic E-state index is 0.0328. The molecule has 42 heavy (non-hydrogen) atoms. The predicted molar refractivity (Wildman–Crippen MR) is 158 cm³/mol. The Balaban J connectivity index is 1.97. The fraction of sp³-hybridized carbons (Fsp3) is 0.188. The van der Waals surface area contributed by atoms with E-state index in [1.54, 1.807) is 32.0 Å². The lowest BCUT2D eigenvalue weighted by molar-refractivity contribution is 0.396. The number of phenols is 2. The third kappa shape index (κ3) is 3.72. The second-order valence-corrected chi connectivity index (χ2v) is 9.80. The van der Waals surface area contributed by atoms with Crippen LogP contribution in [0.3, 0.4) is 0 Å². The summed E-state index contributed by atoms with van der Waals surface area (Å²) in [6.07, 6.45) is 0. The predicted octanol–water partition coefficient (Wildman–Crippen LogP) is 5.94. The number of aryl methyl sites for hydroxylation is 2. The SMILES string of the molecule is COc1cc(OC)c2c(c1)c(-c1c(OC)cc(OC)c3c(O)c4c(=O)cc(C)oc4cc13)c(O)c1c(=O)cc(C)oc12. The van der Waals surface area contributed by atoms with E-state index in [-0.39, 0.29) is 55.7 Å². The van der Waals surface area contributed by atoms with E-state index in [1.807, 2.05) is 0 Å². The molecule has 0 unspecified atom stereocenters. The van der Waals surface area contributed by atoms with Gasteiger partial charge in [0.2, 0.25) is 0 Å². The highest BCUT2D eigenvalue weighted by molar-refractivity contribution is 6.22. The van der Waals surface area contributed by atoms with Crippen LogP contribution < -0.4 is 29.8 Å². The second-order valence-electron chi connectivity index (χ2n) is 9.80. The van der Waals surface area contributed by atoms with Crippen LogP contribution in [0.25, 0.3) is 54.6 Å². The number of phenolic OH excluding ortho intramolecular Hbond substituents is 2. The van der Waals surface area contributed by atoms with E-state index >= 15 is 0 Å². The van der Waals surface area contributed by atoms with Crippen LogP contribution in [0, 0.1) is 13.8 Å². The monoisotopic (exact) mass is 570 g/mol. The molecule has 0 bridgehead atoms. The largest absolute Gasteiger partial charge is 0.506 e. The Bertz CT molecular complexity index is 2220. The molecule has 0 fully saturated rings. The highest BCUT2D eigenvalue weighted by Crippen LogP contribution is 2.54. The van der Waals surface area contributed by atoms with E-state index in [0.29, 0.717) is 39.2 Å². The summed E-state index contributed by atoms with van der Waals surface area (Å²) in [4.78, 5) is 26.3. The molecule has 2 N–H and O–H groups in total. The summed E-state index contributed by atoms with van der Waals surface area (Å²) in [7, 11) is 5.82. The van der Waals surface area contributed by atoms with Gasteiger partial charge in [0.1, 0.15) is 62.4 Å². The number of benzene rings is 4. The number of rotatable bonds is 5. The van der Waals surface area contributed by atoms with Crippen LogP contribution in [-0.2, 0) is 0 Å². The van der Waals surface area contributed by atoms with Gasteiger partial charge in [0.05, 0.1) is 39.2 Å². The lowest BCUT2D eigenvalue weighted by Crippen LogP contribution is -2.04. The molecular formula is C32H26O10. The number of ether oxygens (including phenoxy) is 4. The number of methoxy groups -OCH3 is 4. The molecule has 0 aliphatic rings. The van der Waals surface area contributed by atoms with Crippen molar-refractivity contribution < 1.29 is 38.0 Å². The summed E-state index contributed by atoms with van der Waals surface area (Å²) in [5, 5.41) is 24.6. The molecular weight excluding hydrogens is 544 g/mol. The highest BCUT2D eigenvalue weighted by Gasteiger charge is 2.29. The normalized spacial score (nSPS) is 11.5. The Morgan fingerprint density at radius 1 is 0.571 bits per heavy atom. The maximum absolute atomic E-state index is 13.4. The van der Waals surface area contributed by atoms with Crippen molar-refractivity contribution in [1.29, 1.82) is 0 Å². The van der Waals surface area contributed by atoms with Crippen molar-refractivity contribution in [2.45, 2.75) is 13.8 Å². The van der Waals surface area contributed by atoms with Gasteiger partial charge in [-0.05, 0) is 26.0 Å². The lowest BCUT2D eigenvalue weighted by Gasteiger charge is -2.21. The maximum Gasteiger partial charge on any atom is 0.196 e. The summed E-state index contributed by atoms with van der Waals surface area (Å²) < 4.78 is 34.5. The van der Waals surface area contributed by atoms with Crippen molar-refractivity contribution in [1.82, 2.24) is 0 Å². The van der Waals surface area contributed by atoms with Gasteiger partial charge in [-0.15, -0.1) is 0 Å². The zero-order valence-corrected chi connectivity index (χ0v) is 23.6. The molecule has 0 aliphatic heterocycles. The molecule has 0 saturated carbocycles. The Morgan fingerprint density at radius 3 is 1.81 bits per heavy atom. The van der Waals surface area contributed by atoms with Crippen LogP contribution in [0.4, 0.5) is 0 Å². The van der Waals surface area contributed by atoms with Gasteiger partial charge in [0, 0.05) is 46.2 Å². The van der Waals surface area contributed by atoms with E-state index < -0.39 is 16.6 Å². The van der Waals surface area contributed by atoms with Gasteiger partial charge in [-0.2, -0.15) is 0 Å². The van der Waals surface area contributed by atoms with Crippen LogP contribution >= 0.6 is 0 Å². The minimum atomic E-state index is -0.473. The van der Waals surface area contributed by atoms with Crippen LogP contribution in [0.2, 0.25) is 0 Å². The van der Waals surface area contributed by atoms with Gasteiger partial charge in [-0.25, -0.2) is 0 Å². The second kappa shape index (κ2) is 9.62. The zero-order valence-electron chi connectivity index (χ0n) is 23.6. The fourth-order valence-corrected chi connectivity index (χ4v) is 5.66. The summed E-state index contributed by atoms with van der Waals surface area (Å²) >= 11 is 0. The summed E-state index contributed by atoms with van der Waals surface area (Å²) in [6, 6.07) is 8.99. The Morgan fingerprint density at radius 2 is 1.17 bits per heavy atom. The number of hydrogen-bond acceptors (Lipinski definition) is 10. The number of fused-ring (bicyclic) bond motifs is 5. The molecule has 0 amide bonds. The smallest absolute Gasteiger partial charge is 0.196 e. The first-order valence-electron chi connectivity index (χ1n) is 12.8. The van der Waals surface area contributed by atoms with Crippen molar-refractivity contribution in [3.63, 3.8) is 0 Å². The van der Waals surface area contributed by atoms with Crippen LogP contribution in [0.5, 0.6) is 34.5 Å². The van der Waals surface area contributed by atoms with Gasteiger partial charge < -0.3 is 38.0 Å². The molecule has 0 saturated heterocycles. The summed E-state index contributed by atoms with van der Waals surface area (Å²) in [6.45, 7) is 3.26. The van der Waals surface area contributed by atoms with Gasteiger partial charge in [-0.1, -0.05) is 0 Å². The van der Waals surface area contributed by atoms with E-state index in [0.717, 1.165) is 0 Å². The summed E-state index contributed by atoms with van der Waals surface area (Å²) in [5.41, 5.74) is -0.217. The first-order chi connectivity index (χ1) is 20.1. The van der Waals surface area contributed by atoms with Crippen LogP contribution in [0.1, 0.15) is 11.5 Å². The third-order valence-electron chi connectivity index (χ3n) is 7.40. The molecule has 4 aromatic carbocycles. The first-order valence-corrected chi connectivity index (χ1v) is 12.8. The molecule has 0 atom stereocenters. The minimum Gasteiger partial charge on any atom is -0.506 e. The molecule has 2 aromatic heterocycles. The van der Waals surface area contributed by atoms with Crippen LogP contribution in [0.15, 0.2) is 54.8 Å². The molecule has 0 radical (unpaired) electrons. The van der Waals surface area contributed by atoms with Gasteiger partial charge >= 0.3 is 0 Å². The zero-order chi connectivity index (χ0) is 30.0. The molecule has 2 heterocycles. The van der Waals surface area contributed by atoms with E-state index in [4.69, 9.17) is 27.8 Å². The first kappa shape index (κ1) is 26.8. The number of hydrogen-bond donors (Lipinski definition) is 2. The van der Waals surface area contributed by atoms with Crippen molar-refractivity contribution in [3.8, 4) is 45.6 Å². The van der Waals surface area contributed by atoms with Gasteiger partial charge in [0.25, 0.3) is 0 Å². The van der Waals surface area contributed by atoms with Crippen molar-refractivity contribution in [2.75, 3.05) is 28.4 Å². The van der Waals surface area contributed by atoms with Crippen molar-refractivity contribution >= 4 is 43.5 Å². The van der Waals surface area contributed by atoms with Gasteiger partial charge in [-0.3, -0.25) is 9.59 Å². The number of aromatic hydroxyl groups is 2. The topological polar surface area (TPSA) is 138 Å². The Kier molecular flexibility index (Phi) is 6.14. The highest BCUT2D eigenvalue weighted by atomic mass is 16.5. The average Bonchev–Trinajstić information content (AvgIpc) is 2.95. The third-order valence-corrected chi connectivity index (χ3v) is 7.40. The Labute approximate surface area is 237 Å². The lowest BCUT2D eigenvalue weighted by atomic mass is 9.89. The maximum atomic E-state index is 13.4. The Hall–Kier alpha value is -5.38. The molecule has 0 aliphatic carbocycles. The van der Waals surface area contributed by atoms with E-state index in [9.17, 15) is 19.8 Å². The summed E-state index contributed by atoms with van der Waals surface area (Å²) in [5.74, 6) is 1.10. The molecule has 6 rings (SSSR count). The molecule has 10 heteroatoms. The van der Waals surface area contributed by atoms with Gasteiger partial charge in [0.15, 0.2) is 16.4 Å². The molecule has 6 aromatic rings. The fourth-order valence-electron chi connectivity index (χ4n) is 5.66. The molecule has 0 spiro atoms. The molecule has 214 valence electrons. The van der Waals surface area contributed by atoms with Crippen molar-refractivity contribution in [3.05, 3.63) is 68.4 Å². The molecule has 10 nitrogen and oxygen atoms in total. The average molecular weight is 571 g/mol. The van der Waals surface area contributed by atoms with Crippen molar-refractivity contribution in [2.24, 2.45) is 0 Å². The van der Waals surface area contributed by atoms with E-state index in [2.05, 4.69) is 0 Å². The quantitative estimate of drug-likeness (QED) is 0.189. The van der Waals surface area contributed by atoms with E-state index in [1.165, 1.54) is 46.6 Å².